The molecule has 130 valence electrons. The molecule has 1 unspecified atom stereocenters. The number of halogens is 1. The van der Waals surface area contributed by atoms with Crippen LogP contribution in [0.4, 0.5) is 4.39 Å². The molecule has 1 saturated heterocycles. The molecule has 0 spiro atoms. The van der Waals surface area contributed by atoms with E-state index in [9.17, 15) is 9.18 Å². The van der Waals surface area contributed by atoms with Crippen molar-refractivity contribution in [2.75, 3.05) is 26.7 Å². The lowest BCUT2D eigenvalue weighted by molar-refractivity contribution is 0.0693. The van der Waals surface area contributed by atoms with E-state index in [1.165, 1.54) is 17.4 Å². The van der Waals surface area contributed by atoms with Gasteiger partial charge >= 0.3 is 0 Å². The van der Waals surface area contributed by atoms with Crippen LogP contribution >= 0.6 is 11.3 Å². The van der Waals surface area contributed by atoms with Gasteiger partial charge in [0.25, 0.3) is 5.91 Å². The summed E-state index contributed by atoms with van der Waals surface area (Å²) in [6, 6.07) is 5.19. The SMILES string of the molecule is CCCN(C(=O)c1sc2cccc(F)c2c1COC)C1CCNC1. The van der Waals surface area contributed by atoms with Crippen LogP contribution in [0.2, 0.25) is 0 Å². The van der Waals surface area contributed by atoms with E-state index in [0.717, 1.165) is 30.6 Å². The van der Waals surface area contributed by atoms with Crippen molar-refractivity contribution < 1.29 is 13.9 Å². The monoisotopic (exact) mass is 350 g/mol. The van der Waals surface area contributed by atoms with E-state index in [0.29, 0.717) is 22.4 Å². The average molecular weight is 350 g/mol. The third kappa shape index (κ3) is 3.18. The van der Waals surface area contributed by atoms with Crippen LogP contribution in [0.5, 0.6) is 0 Å². The highest BCUT2D eigenvalue weighted by Crippen LogP contribution is 2.35. The number of rotatable bonds is 6. The molecule has 1 fully saturated rings. The van der Waals surface area contributed by atoms with Crippen molar-refractivity contribution in [3.8, 4) is 0 Å². The number of benzene rings is 1. The second kappa shape index (κ2) is 7.59. The van der Waals surface area contributed by atoms with E-state index in [1.54, 1.807) is 13.2 Å². The lowest BCUT2D eigenvalue weighted by Gasteiger charge is -2.28. The summed E-state index contributed by atoms with van der Waals surface area (Å²) >= 11 is 1.37. The van der Waals surface area contributed by atoms with E-state index >= 15 is 0 Å². The predicted molar refractivity (Wildman–Crippen MR) is 95.1 cm³/mol. The summed E-state index contributed by atoms with van der Waals surface area (Å²) in [5.41, 5.74) is 0.674. The number of hydrogen-bond donors (Lipinski definition) is 1. The molecule has 24 heavy (non-hydrogen) atoms. The molecule has 1 amide bonds. The summed E-state index contributed by atoms with van der Waals surface area (Å²) in [6.07, 6.45) is 1.87. The Balaban J connectivity index is 2.04. The first kappa shape index (κ1) is 17.3. The van der Waals surface area contributed by atoms with Crippen LogP contribution < -0.4 is 5.32 Å². The molecule has 0 radical (unpaired) electrons. The van der Waals surface area contributed by atoms with Crippen LogP contribution in [-0.2, 0) is 11.3 Å². The fourth-order valence-electron chi connectivity index (χ4n) is 3.35. The zero-order valence-electron chi connectivity index (χ0n) is 14.1. The molecule has 3 rings (SSSR count). The maximum Gasteiger partial charge on any atom is 0.264 e. The van der Waals surface area contributed by atoms with Crippen molar-refractivity contribution in [1.82, 2.24) is 10.2 Å². The first-order valence-electron chi connectivity index (χ1n) is 8.37. The molecule has 1 N–H and O–H groups in total. The van der Waals surface area contributed by atoms with Crippen LogP contribution in [0.25, 0.3) is 10.1 Å². The maximum atomic E-state index is 14.3. The van der Waals surface area contributed by atoms with Crippen molar-refractivity contribution in [3.05, 3.63) is 34.5 Å². The molecular formula is C18H23FN2O2S. The highest BCUT2D eigenvalue weighted by molar-refractivity contribution is 7.21. The van der Waals surface area contributed by atoms with E-state index in [2.05, 4.69) is 12.2 Å². The van der Waals surface area contributed by atoms with E-state index in [1.807, 2.05) is 11.0 Å². The number of carbonyl (C=O) groups is 1. The second-order valence-electron chi connectivity index (χ2n) is 6.10. The van der Waals surface area contributed by atoms with Crippen molar-refractivity contribution >= 4 is 27.3 Å². The van der Waals surface area contributed by atoms with Gasteiger partial charge < -0.3 is 15.0 Å². The molecule has 1 aliphatic heterocycles. The standard InChI is InChI=1S/C18H23FN2O2S/c1-3-9-21(12-7-8-20-10-12)18(22)17-13(11-23-2)16-14(19)5-4-6-15(16)24-17/h4-6,12,20H,3,7-11H2,1-2H3. The predicted octanol–water partition coefficient (Wildman–Crippen LogP) is 3.40. The Morgan fingerprint density at radius 3 is 3.00 bits per heavy atom. The molecule has 2 aromatic rings. The minimum Gasteiger partial charge on any atom is -0.380 e. The van der Waals surface area contributed by atoms with Gasteiger partial charge in [-0.05, 0) is 31.5 Å². The van der Waals surface area contributed by atoms with Gasteiger partial charge in [-0.3, -0.25) is 4.79 Å². The Morgan fingerprint density at radius 1 is 1.50 bits per heavy atom. The first-order chi connectivity index (χ1) is 11.7. The third-order valence-electron chi connectivity index (χ3n) is 4.45. The Hall–Kier alpha value is -1.50. The normalized spacial score (nSPS) is 17.5. The van der Waals surface area contributed by atoms with Crippen molar-refractivity contribution in [2.24, 2.45) is 0 Å². The minimum absolute atomic E-state index is 0.00167. The summed E-state index contributed by atoms with van der Waals surface area (Å²) in [5, 5.41) is 3.84. The summed E-state index contributed by atoms with van der Waals surface area (Å²) < 4.78 is 20.4. The quantitative estimate of drug-likeness (QED) is 0.868. The fraction of sp³-hybridized carbons (Fsp3) is 0.500. The van der Waals surface area contributed by atoms with Crippen LogP contribution in [0.3, 0.4) is 0 Å². The van der Waals surface area contributed by atoms with Crippen LogP contribution in [0, 0.1) is 5.82 Å². The van der Waals surface area contributed by atoms with E-state index < -0.39 is 0 Å². The average Bonchev–Trinajstić information content (AvgIpc) is 3.21. The highest BCUT2D eigenvalue weighted by atomic mass is 32.1. The summed E-state index contributed by atoms with van der Waals surface area (Å²) in [7, 11) is 1.57. The zero-order chi connectivity index (χ0) is 17.1. The van der Waals surface area contributed by atoms with Gasteiger partial charge in [0.05, 0.1) is 11.5 Å². The van der Waals surface area contributed by atoms with Crippen molar-refractivity contribution in [1.29, 1.82) is 0 Å². The molecule has 1 aliphatic rings. The van der Waals surface area contributed by atoms with Crippen LogP contribution in [-0.4, -0.2) is 43.6 Å². The third-order valence-corrected chi connectivity index (χ3v) is 5.63. The van der Waals surface area contributed by atoms with E-state index in [-0.39, 0.29) is 24.4 Å². The minimum atomic E-state index is -0.292. The second-order valence-corrected chi connectivity index (χ2v) is 7.15. The maximum absolute atomic E-state index is 14.3. The Morgan fingerprint density at radius 2 is 2.33 bits per heavy atom. The molecule has 6 heteroatoms. The topological polar surface area (TPSA) is 41.6 Å². The Labute approximate surface area is 145 Å². The molecule has 1 aromatic carbocycles. The Kier molecular flexibility index (Phi) is 5.48. The molecule has 2 heterocycles. The number of amides is 1. The van der Waals surface area contributed by atoms with Gasteiger partial charge in [0.1, 0.15) is 5.82 Å². The van der Waals surface area contributed by atoms with Gasteiger partial charge in [-0.25, -0.2) is 4.39 Å². The molecule has 0 saturated carbocycles. The number of nitrogens with zero attached hydrogens (tertiary/aromatic N) is 1. The fourth-order valence-corrected chi connectivity index (χ4v) is 4.53. The Bertz CT molecular complexity index is 725. The lowest BCUT2D eigenvalue weighted by atomic mass is 10.1. The van der Waals surface area contributed by atoms with Gasteiger partial charge in [0.2, 0.25) is 0 Å². The van der Waals surface area contributed by atoms with Crippen molar-refractivity contribution in [3.63, 3.8) is 0 Å². The van der Waals surface area contributed by atoms with E-state index in [4.69, 9.17) is 4.74 Å². The van der Waals surface area contributed by atoms with Crippen molar-refractivity contribution in [2.45, 2.75) is 32.4 Å². The van der Waals surface area contributed by atoms with Crippen LogP contribution in [0.1, 0.15) is 35.0 Å². The number of hydrogen-bond acceptors (Lipinski definition) is 4. The van der Waals surface area contributed by atoms with Gasteiger partial charge in [-0.1, -0.05) is 13.0 Å². The van der Waals surface area contributed by atoms with Gasteiger partial charge in [-0.2, -0.15) is 0 Å². The van der Waals surface area contributed by atoms with Gasteiger partial charge in [-0.15, -0.1) is 11.3 Å². The number of thiophene rings is 1. The summed E-state index contributed by atoms with van der Waals surface area (Å²) in [6.45, 7) is 4.79. The lowest BCUT2D eigenvalue weighted by Crippen LogP contribution is -2.42. The molecule has 1 aromatic heterocycles. The number of fused-ring (bicyclic) bond motifs is 1. The molecular weight excluding hydrogens is 327 g/mol. The van der Waals surface area contributed by atoms with Gasteiger partial charge in [0, 0.05) is 41.9 Å². The summed E-state index contributed by atoms with van der Waals surface area (Å²) in [4.78, 5) is 15.8. The largest absolute Gasteiger partial charge is 0.380 e. The smallest absolute Gasteiger partial charge is 0.264 e. The van der Waals surface area contributed by atoms with Gasteiger partial charge in [0.15, 0.2) is 0 Å². The number of carbonyl (C=O) groups excluding carboxylic acids is 1. The summed E-state index contributed by atoms with van der Waals surface area (Å²) in [5.74, 6) is -0.294. The molecule has 0 aliphatic carbocycles. The highest BCUT2D eigenvalue weighted by Gasteiger charge is 2.30. The molecule has 0 bridgehead atoms. The molecule has 4 nitrogen and oxygen atoms in total. The number of nitrogens with one attached hydrogen (secondary N) is 1. The zero-order valence-corrected chi connectivity index (χ0v) is 14.9. The molecule has 1 atom stereocenters. The number of methoxy groups -OCH3 is 1. The first-order valence-corrected chi connectivity index (χ1v) is 9.19. The van der Waals surface area contributed by atoms with Crippen LogP contribution in [0.15, 0.2) is 18.2 Å². The number of ether oxygens (including phenoxy) is 1.